The molecule has 0 bridgehead atoms. The molecule has 2 aromatic heterocycles. The molecule has 2 heterocycles. The van der Waals surface area contributed by atoms with Crippen LogP contribution in [0.2, 0.25) is 0 Å². The number of pyridine rings is 2. The highest BCUT2D eigenvalue weighted by molar-refractivity contribution is 5.55. The fraction of sp³-hybridized carbons (Fsp3) is 0.200. The number of rotatable bonds is 7. The number of hydrogen-bond donors (Lipinski definition) is 0. The highest BCUT2D eigenvalue weighted by atomic mass is 19.4. The van der Waals surface area contributed by atoms with E-state index in [4.69, 9.17) is 9.47 Å². The number of alkyl halides is 3. The number of aromatic nitrogens is 2. The van der Waals surface area contributed by atoms with Gasteiger partial charge in [0.05, 0.1) is 19.8 Å². The lowest BCUT2D eigenvalue weighted by molar-refractivity contribution is -0.137. The predicted molar refractivity (Wildman–Crippen MR) is 105 cm³/mol. The van der Waals surface area contributed by atoms with E-state index in [0.717, 1.165) is 12.1 Å². The van der Waals surface area contributed by atoms with E-state index in [1.54, 1.807) is 36.5 Å². The Bertz CT molecular complexity index is 1060. The lowest BCUT2D eigenvalue weighted by Gasteiger charge is -2.08. The second kappa shape index (κ2) is 9.74. The van der Waals surface area contributed by atoms with Crippen LogP contribution in [0, 0.1) is 0 Å². The summed E-state index contributed by atoms with van der Waals surface area (Å²) in [5, 5.41) is 16.4. The van der Waals surface area contributed by atoms with Crippen LogP contribution < -0.4 is 9.47 Å². The smallest absolute Gasteiger partial charge is 0.417 e. The molecule has 0 amide bonds. The van der Waals surface area contributed by atoms with E-state index in [2.05, 4.69) is 30.4 Å². The number of hydrogen-bond acceptors (Lipinski definition) is 8. The summed E-state index contributed by atoms with van der Waals surface area (Å²) in [6.45, 7) is 0. The van der Waals surface area contributed by atoms with Gasteiger partial charge in [-0.25, -0.2) is 4.98 Å². The summed E-state index contributed by atoms with van der Waals surface area (Å²) in [4.78, 5) is 7.70. The van der Waals surface area contributed by atoms with Gasteiger partial charge in [0.25, 0.3) is 0 Å². The molecule has 1 aromatic carbocycles. The summed E-state index contributed by atoms with van der Waals surface area (Å²) in [5.74, 6) is 1.02. The average Bonchev–Trinajstić information content (AvgIpc) is 2.79. The summed E-state index contributed by atoms with van der Waals surface area (Å²) in [7, 11) is 3.02. The standard InChI is InChI=1S/C20H17F3N6O2/c1-30-15-6-7-17(31-2)16(10-15)26-28-19(13-4-3-9-24-11-13)29-27-18-8-5-14(12-25-18)20(21,22)23/h3-12,19H,1-2H3. The Balaban J connectivity index is 1.90. The SMILES string of the molecule is COc1ccc(OC)c(N=NC(N=Nc2ccc(C(F)(F)F)cn2)c2cccnc2)c1. The van der Waals surface area contributed by atoms with Gasteiger partial charge in [-0.3, -0.25) is 4.98 Å². The van der Waals surface area contributed by atoms with Crippen molar-refractivity contribution in [1.29, 1.82) is 0 Å². The van der Waals surface area contributed by atoms with E-state index < -0.39 is 17.9 Å². The highest BCUT2D eigenvalue weighted by Gasteiger charge is 2.30. The zero-order chi connectivity index (χ0) is 22.3. The Morgan fingerprint density at radius 2 is 1.74 bits per heavy atom. The summed E-state index contributed by atoms with van der Waals surface area (Å²) in [5.41, 5.74) is 0.0995. The van der Waals surface area contributed by atoms with E-state index in [1.165, 1.54) is 20.4 Å². The lowest BCUT2D eigenvalue weighted by Crippen LogP contribution is -2.04. The Hall–Kier alpha value is -3.89. The molecule has 8 nitrogen and oxygen atoms in total. The number of nitrogens with zero attached hydrogens (tertiary/aromatic N) is 6. The van der Waals surface area contributed by atoms with Crippen molar-refractivity contribution in [2.24, 2.45) is 20.5 Å². The van der Waals surface area contributed by atoms with Crippen molar-refractivity contribution >= 4 is 11.5 Å². The largest absolute Gasteiger partial charge is 0.497 e. The van der Waals surface area contributed by atoms with Crippen LogP contribution in [0.25, 0.3) is 0 Å². The minimum Gasteiger partial charge on any atom is -0.497 e. The molecule has 0 aliphatic rings. The van der Waals surface area contributed by atoms with Gasteiger partial charge in [-0.2, -0.15) is 23.4 Å². The molecule has 1 atom stereocenters. The third-order valence-electron chi connectivity index (χ3n) is 3.99. The van der Waals surface area contributed by atoms with E-state index in [0.29, 0.717) is 28.9 Å². The van der Waals surface area contributed by atoms with Crippen LogP contribution in [0.1, 0.15) is 17.3 Å². The highest BCUT2D eigenvalue weighted by Crippen LogP contribution is 2.34. The van der Waals surface area contributed by atoms with Gasteiger partial charge < -0.3 is 9.47 Å². The minimum atomic E-state index is -4.48. The molecule has 0 aliphatic carbocycles. The first kappa shape index (κ1) is 21.8. The fourth-order valence-corrected chi connectivity index (χ4v) is 2.40. The molecular formula is C20H17F3N6O2. The summed E-state index contributed by atoms with van der Waals surface area (Å²) < 4.78 is 48.5. The van der Waals surface area contributed by atoms with Crippen molar-refractivity contribution < 1.29 is 22.6 Å². The third kappa shape index (κ3) is 5.81. The summed E-state index contributed by atoms with van der Waals surface area (Å²) in [6, 6.07) is 10.4. The van der Waals surface area contributed by atoms with E-state index >= 15 is 0 Å². The average molecular weight is 430 g/mol. The predicted octanol–water partition coefficient (Wildman–Crippen LogP) is 6.08. The molecule has 0 saturated carbocycles. The number of halogens is 3. The van der Waals surface area contributed by atoms with Crippen molar-refractivity contribution in [1.82, 2.24) is 9.97 Å². The first-order valence-electron chi connectivity index (χ1n) is 8.87. The molecule has 0 N–H and O–H groups in total. The second-order valence-electron chi connectivity index (χ2n) is 6.03. The third-order valence-corrected chi connectivity index (χ3v) is 3.99. The summed E-state index contributed by atoms with van der Waals surface area (Å²) in [6.07, 6.45) is -1.59. The first-order chi connectivity index (χ1) is 14.9. The summed E-state index contributed by atoms with van der Waals surface area (Å²) >= 11 is 0. The molecule has 3 aromatic rings. The van der Waals surface area contributed by atoms with Crippen LogP contribution in [0.4, 0.5) is 24.7 Å². The molecule has 0 spiro atoms. The van der Waals surface area contributed by atoms with Gasteiger partial charge in [0, 0.05) is 30.2 Å². The molecule has 0 aliphatic heterocycles. The Labute approximate surface area is 175 Å². The molecule has 0 radical (unpaired) electrons. The quantitative estimate of drug-likeness (QED) is 0.425. The molecule has 11 heteroatoms. The first-order valence-corrected chi connectivity index (χ1v) is 8.87. The molecular weight excluding hydrogens is 413 g/mol. The van der Waals surface area contributed by atoms with Crippen LogP contribution in [0.3, 0.4) is 0 Å². The molecule has 1 unspecified atom stereocenters. The normalized spacial score (nSPS) is 12.9. The van der Waals surface area contributed by atoms with E-state index in [1.807, 2.05) is 0 Å². The van der Waals surface area contributed by atoms with Gasteiger partial charge in [-0.1, -0.05) is 6.07 Å². The van der Waals surface area contributed by atoms with Crippen LogP contribution in [-0.4, -0.2) is 24.2 Å². The zero-order valence-electron chi connectivity index (χ0n) is 16.5. The van der Waals surface area contributed by atoms with Crippen molar-refractivity contribution in [3.63, 3.8) is 0 Å². The number of benzene rings is 1. The van der Waals surface area contributed by atoms with Gasteiger partial charge in [-0.15, -0.1) is 10.2 Å². The Kier molecular flexibility index (Phi) is 6.85. The maximum Gasteiger partial charge on any atom is 0.417 e. The maximum absolute atomic E-state index is 12.7. The molecule has 0 saturated heterocycles. The van der Waals surface area contributed by atoms with Gasteiger partial charge in [0.1, 0.15) is 17.2 Å². The Morgan fingerprint density at radius 3 is 2.35 bits per heavy atom. The molecule has 3 rings (SSSR count). The zero-order valence-corrected chi connectivity index (χ0v) is 16.5. The van der Waals surface area contributed by atoms with E-state index in [9.17, 15) is 13.2 Å². The van der Waals surface area contributed by atoms with Crippen LogP contribution in [-0.2, 0) is 6.18 Å². The molecule has 31 heavy (non-hydrogen) atoms. The molecule has 160 valence electrons. The maximum atomic E-state index is 12.7. The second-order valence-corrected chi connectivity index (χ2v) is 6.03. The number of ether oxygens (including phenoxy) is 2. The fourth-order valence-electron chi connectivity index (χ4n) is 2.40. The van der Waals surface area contributed by atoms with Crippen LogP contribution in [0.5, 0.6) is 11.5 Å². The van der Waals surface area contributed by atoms with Crippen molar-refractivity contribution in [2.75, 3.05) is 14.2 Å². The van der Waals surface area contributed by atoms with Gasteiger partial charge in [0.2, 0.25) is 6.17 Å². The topological polar surface area (TPSA) is 93.7 Å². The minimum absolute atomic E-state index is 0.00366. The van der Waals surface area contributed by atoms with Crippen molar-refractivity contribution in [3.05, 3.63) is 72.2 Å². The van der Waals surface area contributed by atoms with Crippen molar-refractivity contribution in [2.45, 2.75) is 12.3 Å². The van der Waals surface area contributed by atoms with Crippen molar-refractivity contribution in [3.8, 4) is 11.5 Å². The number of azo groups is 2. The van der Waals surface area contributed by atoms with Gasteiger partial charge in [0.15, 0.2) is 5.82 Å². The van der Waals surface area contributed by atoms with Gasteiger partial charge >= 0.3 is 6.18 Å². The van der Waals surface area contributed by atoms with E-state index in [-0.39, 0.29) is 5.82 Å². The number of methoxy groups -OCH3 is 2. The lowest BCUT2D eigenvalue weighted by atomic mass is 10.2. The van der Waals surface area contributed by atoms with Crippen LogP contribution >= 0.6 is 0 Å². The monoisotopic (exact) mass is 430 g/mol. The Morgan fingerprint density at radius 1 is 0.935 bits per heavy atom. The van der Waals surface area contributed by atoms with Gasteiger partial charge in [-0.05, 0) is 30.3 Å². The van der Waals surface area contributed by atoms with Crippen LogP contribution in [0.15, 0.2) is 81.5 Å². The molecule has 0 fully saturated rings.